The normalized spacial score (nSPS) is 9.08. The van der Waals surface area contributed by atoms with Crippen LogP contribution >= 0.6 is 0 Å². The molecule has 0 saturated heterocycles. The molecule has 0 aliphatic carbocycles. The maximum Gasteiger partial charge on any atom is 0.293 e. The monoisotopic (exact) mass is 172 g/mol. The molecule has 0 spiro atoms. The Morgan fingerprint density at radius 3 is 2.42 bits per heavy atom. The molecular weight excluding hydrogens is 160 g/mol. The van der Waals surface area contributed by atoms with Gasteiger partial charge in [-0.25, -0.2) is 0 Å². The maximum absolute atomic E-state index is 10.9. The van der Waals surface area contributed by atoms with Crippen LogP contribution in [0.25, 0.3) is 0 Å². The van der Waals surface area contributed by atoms with Crippen molar-refractivity contribution in [2.75, 3.05) is 6.61 Å². The highest BCUT2D eigenvalue weighted by atomic mass is 16.5. The van der Waals surface area contributed by atoms with Gasteiger partial charge in [-0.1, -0.05) is 0 Å². The summed E-state index contributed by atoms with van der Waals surface area (Å²) in [4.78, 5) is 31.0. The molecule has 0 N–H and O–H groups in total. The van der Waals surface area contributed by atoms with Crippen LogP contribution in [0.4, 0.5) is 0 Å². The topological polar surface area (TPSA) is 60.4 Å². The molecule has 0 heterocycles. The molecular formula is C8H12O4. The molecule has 0 aromatic heterocycles. The molecule has 0 saturated carbocycles. The lowest BCUT2D eigenvalue weighted by atomic mass is 10.1. The number of ketones is 2. The molecule has 0 atom stereocenters. The van der Waals surface area contributed by atoms with Crippen LogP contribution < -0.4 is 0 Å². The van der Waals surface area contributed by atoms with Crippen LogP contribution in [0.15, 0.2) is 0 Å². The summed E-state index contributed by atoms with van der Waals surface area (Å²) >= 11 is 0. The summed E-state index contributed by atoms with van der Waals surface area (Å²) in [5.41, 5.74) is 0. The maximum atomic E-state index is 10.9. The van der Waals surface area contributed by atoms with Gasteiger partial charge in [0.2, 0.25) is 0 Å². The first-order chi connectivity index (χ1) is 5.66. The van der Waals surface area contributed by atoms with Crippen molar-refractivity contribution in [1.29, 1.82) is 0 Å². The lowest BCUT2D eigenvalue weighted by molar-refractivity contribution is -0.130. The first-order valence-corrected chi connectivity index (χ1v) is 3.73. The highest BCUT2D eigenvalue weighted by Crippen LogP contribution is 1.95. The van der Waals surface area contributed by atoms with Gasteiger partial charge in [-0.3, -0.25) is 9.59 Å². The van der Waals surface area contributed by atoms with Crippen LogP contribution in [0.1, 0.15) is 26.2 Å². The van der Waals surface area contributed by atoms with Crippen molar-refractivity contribution in [2.45, 2.75) is 26.2 Å². The number of carbonyl (C=O) groups is 3. The Kier molecular flexibility index (Phi) is 5.87. The Bertz CT molecular complexity index is 174. The molecule has 0 rings (SSSR count). The lowest BCUT2D eigenvalue weighted by Gasteiger charge is -1.97. The van der Waals surface area contributed by atoms with Crippen LogP contribution in [0, 0.1) is 0 Å². The lowest BCUT2D eigenvalue weighted by Crippen LogP contribution is -2.05. The minimum atomic E-state index is -0.0490. The number of ether oxygens (including phenoxy) is 1. The van der Waals surface area contributed by atoms with Gasteiger partial charge in [0.15, 0.2) is 0 Å². The molecule has 12 heavy (non-hydrogen) atoms. The van der Waals surface area contributed by atoms with E-state index >= 15 is 0 Å². The molecule has 0 fully saturated rings. The van der Waals surface area contributed by atoms with Crippen molar-refractivity contribution in [1.82, 2.24) is 0 Å². The summed E-state index contributed by atoms with van der Waals surface area (Å²) in [7, 11) is 0. The summed E-state index contributed by atoms with van der Waals surface area (Å²) < 4.78 is 4.32. The molecule has 0 bridgehead atoms. The molecule has 0 aliphatic heterocycles. The molecule has 0 amide bonds. The van der Waals surface area contributed by atoms with Crippen molar-refractivity contribution >= 4 is 18.0 Å². The standard InChI is InChI=1S/C8H12O4/c1-7(10)2-3-8(11)4-5-12-6-9/h6H,2-5H2,1H3. The second-order valence-corrected chi connectivity index (χ2v) is 2.46. The zero-order chi connectivity index (χ0) is 9.40. The molecule has 68 valence electrons. The Labute approximate surface area is 70.9 Å². The van der Waals surface area contributed by atoms with Gasteiger partial charge in [0, 0.05) is 19.3 Å². The van der Waals surface area contributed by atoms with E-state index in [0.717, 1.165) is 0 Å². The number of rotatable bonds is 7. The fourth-order valence-corrected chi connectivity index (χ4v) is 0.661. The molecule has 4 heteroatoms. The van der Waals surface area contributed by atoms with Crippen molar-refractivity contribution in [3.63, 3.8) is 0 Å². The highest BCUT2D eigenvalue weighted by molar-refractivity contribution is 5.84. The minimum absolute atomic E-state index is 0.000319. The summed E-state index contributed by atoms with van der Waals surface area (Å²) in [6.07, 6.45) is 0.726. The number of carbonyl (C=O) groups excluding carboxylic acids is 3. The average Bonchev–Trinajstić information content (AvgIpc) is 2.01. The summed E-state index contributed by atoms with van der Waals surface area (Å²) in [6, 6.07) is 0. The predicted octanol–water partition coefficient (Wildman–Crippen LogP) is 0.488. The fourth-order valence-electron chi connectivity index (χ4n) is 0.661. The molecule has 0 unspecified atom stereocenters. The van der Waals surface area contributed by atoms with Crippen LogP contribution in [0.5, 0.6) is 0 Å². The van der Waals surface area contributed by atoms with Crippen LogP contribution in [0.3, 0.4) is 0 Å². The third-order valence-corrected chi connectivity index (χ3v) is 1.32. The van der Waals surface area contributed by atoms with Crippen molar-refractivity contribution in [3.05, 3.63) is 0 Å². The Hall–Kier alpha value is -1.19. The summed E-state index contributed by atoms with van der Waals surface area (Å²) in [5.74, 6) is -0.0493. The second kappa shape index (κ2) is 6.52. The first-order valence-electron chi connectivity index (χ1n) is 3.73. The summed E-state index contributed by atoms with van der Waals surface area (Å²) in [5, 5.41) is 0. The van der Waals surface area contributed by atoms with E-state index in [2.05, 4.69) is 4.74 Å². The van der Waals surface area contributed by atoms with E-state index in [0.29, 0.717) is 6.47 Å². The van der Waals surface area contributed by atoms with E-state index in [9.17, 15) is 14.4 Å². The smallest absolute Gasteiger partial charge is 0.293 e. The molecule has 0 aromatic rings. The Morgan fingerprint density at radius 2 is 1.92 bits per heavy atom. The molecule has 0 aliphatic rings. The van der Waals surface area contributed by atoms with Gasteiger partial charge >= 0.3 is 0 Å². The van der Waals surface area contributed by atoms with Crippen LogP contribution in [-0.2, 0) is 19.1 Å². The fraction of sp³-hybridized carbons (Fsp3) is 0.625. The molecule has 0 radical (unpaired) electrons. The van der Waals surface area contributed by atoms with E-state index in [1.807, 2.05) is 0 Å². The second-order valence-electron chi connectivity index (χ2n) is 2.46. The highest BCUT2D eigenvalue weighted by Gasteiger charge is 2.03. The van der Waals surface area contributed by atoms with Gasteiger partial charge in [0.25, 0.3) is 6.47 Å². The van der Waals surface area contributed by atoms with E-state index in [4.69, 9.17) is 0 Å². The van der Waals surface area contributed by atoms with Gasteiger partial charge in [-0.2, -0.15) is 0 Å². The number of Topliss-reactive ketones (excluding diaryl/α,β-unsaturated/α-hetero) is 2. The Balaban J connectivity index is 3.33. The van der Waals surface area contributed by atoms with E-state index < -0.39 is 0 Å². The van der Waals surface area contributed by atoms with Gasteiger partial charge < -0.3 is 9.53 Å². The van der Waals surface area contributed by atoms with Crippen molar-refractivity contribution in [2.24, 2.45) is 0 Å². The largest absolute Gasteiger partial charge is 0.467 e. The van der Waals surface area contributed by atoms with Crippen molar-refractivity contribution in [3.8, 4) is 0 Å². The predicted molar refractivity (Wildman–Crippen MR) is 41.6 cm³/mol. The minimum Gasteiger partial charge on any atom is -0.467 e. The number of hydrogen-bond acceptors (Lipinski definition) is 4. The quantitative estimate of drug-likeness (QED) is 0.414. The van der Waals surface area contributed by atoms with Gasteiger partial charge in [-0.15, -0.1) is 0 Å². The van der Waals surface area contributed by atoms with E-state index in [1.165, 1.54) is 6.92 Å². The van der Waals surface area contributed by atoms with Gasteiger partial charge in [0.05, 0.1) is 6.61 Å². The average molecular weight is 172 g/mol. The van der Waals surface area contributed by atoms with Crippen LogP contribution in [0.2, 0.25) is 0 Å². The summed E-state index contributed by atoms with van der Waals surface area (Å²) in [6.45, 7) is 1.85. The Morgan fingerprint density at radius 1 is 1.25 bits per heavy atom. The SMILES string of the molecule is CC(=O)CCC(=O)CCOC=O. The van der Waals surface area contributed by atoms with Crippen LogP contribution in [-0.4, -0.2) is 24.6 Å². The molecule has 0 aromatic carbocycles. The van der Waals surface area contributed by atoms with Gasteiger partial charge in [-0.05, 0) is 6.92 Å². The zero-order valence-corrected chi connectivity index (χ0v) is 7.04. The van der Waals surface area contributed by atoms with Gasteiger partial charge in [0.1, 0.15) is 11.6 Å². The third-order valence-electron chi connectivity index (χ3n) is 1.32. The first kappa shape index (κ1) is 10.8. The van der Waals surface area contributed by atoms with Crippen molar-refractivity contribution < 1.29 is 19.1 Å². The van der Waals surface area contributed by atoms with E-state index in [-0.39, 0.29) is 37.4 Å². The van der Waals surface area contributed by atoms with E-state index in [1.54, 1.807) is 0 Å². The zero-order valence-electron chi connectivity index (χ0n) is 7.04. The molecule has 4 nitrogen and oxygen atoms in total. The third kappa shape index (κ3) is 6.92. The number of hydrogen-bond donors (Lipinski definition) is 0.